The second kappa shape index (κ2) is 8.92. The number of hydrogen-bond donors (Lipinski definition) is 2. The number of rotatable bonds is 6. The highest BCUT2D eigenvalue weighted by atomic mass is 19.2. The van der Waals surface area contributed by atoms with Gasteiger partial charge in [-0.2, -0.15) is 0 Å². The van der Waals surface area contributed by atoms with E-state index in [4.69, 9.17) is 4.74 Å². The van der Waals surface area contributed by atoms with Crippen LogP contribution in [0.4, 0.5) is 25.8 Å². The minimum absolute atomic E-state index is 0.162. The van der Waals surface area contributed by atoms with Crippen LogP contribution >= 0.6 is 0 Å². The molecule has 3 rings (SSSR count). The van der Waals surface area contributed by atoms with E-state index in [0.29, 0.717) is 22.6 Å². The Kier molecular flexibility index (Phi) is 6.13. The van der Waals surface area contributed by atoms with Gasteiger partial charge in [0.05, 0.1) is 24.1 Å². The number of carbonyl (C=O) groups is 2. The highest BCUT2D eigenvalue weighted by Gasteiger charge is 2.10. The Morgan fingerprint density at radius 1 is 0.931 bits per heavy atom. The third-order valence-electron chi connectivity index (χ3n) is 3.86. The summed E-state index contributed by atoms with van der Waals surface area (Å²) in [6, 6.07) is 12.8. The minimum Gasteiger partial charge on any atom is -0.462 e. The van der Waals surface area contributed by atoms with Crippen molar-refractivity contribution in [1.82, 2.24) is 4.98 Å². The molecule has 0 saturated heterocycles. The molecule has 0 unspecified atom stereocenters. The number of nitrogens with zero attached hydrogens (tertiary/aromatic N) is 1. The van der Waals surface area contributed by atoms with Crippen LogP contribution in [0.5, 0.6) is 0 Å². The summed E-state index contributed by atoms with van der Waals surface area (Å²) in [6.45, 7) is 2.00. The summed E-state index contributed by atoms with van der Waals surface area (Å²) >= 11 is 0. The second-order valence-electron chi connectivity index (χ2n) is 5.94. The van der Waals surface area contributed by atoms with Crippen LogP contribution in [-0.2, 0) is 4.74 Å². The predicted octanol–water partition coefficient (Wildman–Crippen LogP) is 4.53. The summed E-state index contributed by atoms with van der Waals surface area (Å²) in [6.07, 6.45) is 1.40. The molecule has 1 aromatic heterocycles. The topological polar surface area (TPSA) is 80.3 Å². The van der Waals surface area contributed by atoms with Gasteiger partial charge in [-0.1, -0.05) is 0 Å². The lowest BCUT2D eigenvalue weighted by Gasteiger charge is -2.08. The lowest BCUT2D eigenvalue weighted by atomic mass is 10.2. The number of pyridine rings is 1. The molecule has 0 radical (unpaired) electrons. The fourth-order valence-electron chi connectivity index (χ4n) is 2.44. The third kappa shape index (κ3) is 5.13. The first kappa shape index (κ1) is 19.9. The summed E-state index contributed by atoms with van der Waals surface area (Å²) in [4.78, 5) is 28.0. The van der Waals surface area contributed by atoms with E-state index in [0.717, 1.165) is 12.1 Å². The maximum Gasteiger partial charge on any atom is 0.338 e. The number of benzene rings is 2. The van der Waals surface area contributed by atoms with Crippen molar-refractivity contribution in [2.24, 2.45) is 0 Å². The first-order chi connectivity index (χ1) is 14.0. The second-order valence-corrected chi connectivity index (χ2v) is 5.94. The van der Waals surface area contributed by atoms with E-state index in [1.54, 1.807) is 37.3 Å². The highest BCUT2D eigenvalue weighted by Crippen LogP contribution is 2.19. The Morgan fingerprint density at radius 3 is 2.24 bits per heavy atom. The molecule has 0 aliphatic rings. The van der Waals surface area contributed by atoms with Gasteiger partial charge in [0.15, 0.2) is 11.6 Å². The lowest BCUT2D eigenvalue weighted by Crippen LogP contribution is -2.14. The van der Waals surface area contributed by atoms with E-state index in [1.165, 1.54) is 18.3 Å². The van der Waals surface area contributed by atoms with Crippen molar-refractivity contribution in [3.05, 3.63) is 83.7 Å². The van der Waals surface area contributed by atoms with Gasteiger partial charge in [0, 0.05) is 17.4 Å². The molecule has 0 aliphatic carbocycles. The van der Waals surface area contributed by atoms with Crippen LogP contribution in [0.3, 0.4) is 0 Å². The number of ether oxygens (including phenoxy) is 1. The van der Waals surface area contributed by atoms with E-state index in [-0.39, 0.29) is 12.3 Å². The lowest BCUT2D eigenvalue weighted by molar-refractivity contribution is 0.0526. The van der Waals surface area contributed by atoms with Crippen LogP contribution in [0.2, 0.25) is 0 Å². The quantitative estimate of drug-likeness (QED) is 0.598. The molecule has 0 fully saturated rings. The van der Waals surface area contributed by atoms with Crippen LogP contribution in [-0.4, -0.2) is 23.5 Å². The fourth-order valence-corrected chi connectivity index (χ4v) is 2.44. The summed E-state index contributed by atoms with van der Waals surface area (Å²) in [7, 11) is 0. The SMILES string of the molecule is CCOC(=O)c1ccc(NC(=O)c2ccc(Nc3ccc(F)c(F)c3)cn2)cc1. The van der Waals surface area contributed by atoms with E-state index < -0.39 is 23.5 Å². The van der Waals surface area contributed by atoms with Gasteiger partial charge in [-0.15, -0.1) is 0 Å². The zero-order valence-corrected chi connectivity index (χ0v) is 15.4. The van der Waals surface area contributed by atoms with Crippen molar-refractivity contribution in [2.45, 2.75) is 6.92 Å². The number of halogens is 2. The Morgan fingerprint density at radius 2 is 1.62 bits per heavy atom. The van der Waals surface area contributed by atoms with Crippen molar-refractivity contribution in [3.8, 4) is 0 Å². The van der Waals surface area contributed by atoms with Gasteiger partial charge in [-0.25, -0.2) is 18.6 Å². The van der Waals surface area contributed by atoms with Gasteiger partial charge in [0.1, 0.15) is 5.69 Å². The van der Waals surface area contributed by atoms with Crippen LogP contribution in [0, 0.1) is 11.6 Å². The molecule has 3 aromatic rings. The minimum atomic E-state index is -0.965. The van der Waals surface area contributed by atoms with E-state index in [1.807, 2.05) is 0 Å². The van der Waals surface area contributed by atoms with Crippen molar-refractivity contribution in [2.75, 3.05) is 17.2 Å². The molecule has 0 atom stereocenters. The maximum atomic E-state index is 13.3. The first-order valence-electron chi connectivity index (χ1n) is 8.73. The molecular formula is C21H17F2N3O3. The Balaban J connectivity index is 1.62. The Hall–Kier alpha value is -3.81. The van der Waals surface area contributed by atoms with Crippen LogP contribution in [0.1, 0.15) is 27.8 Å². The number of carbonyl (C=O) groups excluding carboxylic acids is 2. The fraction of sp³-hybridized carbons (Fsp3) is 0.0952. The molecule has 6 nitrogen and oxygen atoms in total. The number of amides is 1. The summed E-state index contributed by atoms with van der Waals surface area (Å²) < 4.78 is 31.1. The largest absolute Gasteiger partial charge is 0.462 e. The van der Waals surface area contributed by atoms with Crippen molar-refractivity contribution in [1.29, 1.82) is 0 Å². The van der Waals surface area contributed by atoms with Gasteiger partial charge < -0.3 is 15.4 Å². The molecule has 0 bridgehead atoms. The van der Waals surface area contributed by atoms with E-state index in [9.17, 15) is 18.4 Å². The predicted molar refractivity (Wildman–Crippen MR) is 104 cm³/mol. The van der Waals surface area contributed by atoms with Crippen molar-refractivity contribution in [3.63, 3.8) is 0 Å². The van der Waals surface area contributed by atoms with Crippen molar-refractivity contribution >= 4 is 28.9 Å². The average molecular weight is 397 g/mol. The van der Waals surface area contributed by atoms with E-state index >= 15 is 0 Å². The molecule has 8 heteroatoms. The summed E-state index contributed by atoms with van der Waals surface area (Å²) in [5, 5.41) is 5.54. The van der Waals surface area contributed by atoms with Gasteiger partial charge in [0.25, 0.3) is 5.91 Å². The molecule has 1 amide bonds. The summed E-state index contributed by atoms with van der Waals surface area (Å²) in [5.41, 5.74) is 1.90. The smallest absolute Gasteiger partial charge is 0.338 e. The number of anilines is 3. The summed E-state index contributed by atoms with van der Waals surface area (Å²) in [5.74, 6) is -2.77. The average Bonchev–Trinajstić information content (AvgIpc) is 2.72. The van der Waals surface area contributed by atoms with Crippen LogP contribution < -0.4 is 10.6 Å². The number of nitrogens with one attached hydrogen (secondary N) is 2. The zero-order valence-electron chi connectivity index (χ0n) is 15.4. The van der Waals surface area contributed by atoms with Gasteiger partial charge >= 0.3 is 5.97 Å². The molecule has 1 heterocycles. The normalized spacial score (nSPS) is 10.3. The molecule has 2 aromatic carbocycles. The number of esters is 1. The van der Waals surface area contributed by atoms with Crippen LogP contribution in [0.15, 0.2) is 60.8 Å². The molecule has 0 aliphatic heterocycles. The number of hydrogen-bond acceptors (Lipinski definition) is 5. The molecular weight excluding hydrogens is 380 g/mol. The zero-order chi connectivity index (χ0) is 20.8. The van der Waals surface area contributed by atoms with Crippen molar-refractivity contribution < 1.29 is 23.1 Å². The Labute approximate surface area is 165 Å². The Bertz CT molecular complexity index is 1020. The highest BCUT2D eigenvalue weighted by molar-refractivity contribution is 6.03. The molecule has 2 N–H and O–H groups in total. The van der Waals surface area contributed by atoms with Gasteiger partial charge in [0.2, 0.25) is 0 Å². The standard InChI is InChI=1S/C21H17F2N3O3/c1-2-29-21(28)13-3-5-14(6-4-13)26-20(27)19-10-8-16(12-24-19)25-15-7-9-17(22)18(23)11-15/h3-12,25H,2H2,1H3,(H,26,27). The van der Waals surface area contributed by atoms with Gasteiger partial charge in [-0.3, -0.25) is 4.79 Å². The monoisotopic (exact) mass is 397 g/mol. The van der Waals surface area contributed by atoms with Gasteiger partial charge in [-0.05, 0) is 55.5 Å². The molecule has 0 saturated carbocycles. The third-order valence-corrected chi connectivity index (χ3v) is 3.86. The molecule has 29 heavy (non-hydrogen) atoms. The maximum absolute atomic E-state index is 13.3. The van der Waals surface area contributed by atoms with Crippen LogP contribution in [0.25, 0.3) is 0 Å². The molecule has 0 spiro atoms. The van der Waals surface area contributed by atoms with E-state index in [2.05, 4.69) is 15.6 Å². The number of aromatic nitrogens is 1. The first-order valence-corrected chi connectivity index (χ1v) is 8.73. The molecule has 148 valence electrons.